The molecule has 0 saturated heterocycles. The molecule has 1 aromatic heterocycles. The van der Waals surface area contributed by atoms with Crippen LogP contribution >= 0.6 is 23.5 Å². The van der Waals surface area contributed by atoms with Crippen LogP contribution < -0.4 is 10.0 Å². The van der Waals surface area contributed by atoms with E-state index in [0.29, 0.717) is 23.9 Å². The van der Waals surface area contributed by atoms with Gasteiger partial charge in [0.1, 0.15) is 0 Å². The molecular formula is C26H21ClN4OS. The van der Waals surface area contributed by atoms with Gasteiger partial charge >= 0.3 is 0 Å². The van der Waals surface area contributed by atoms with E-state index in [4.69, 9.17) is 16.6 Å². The number of nitrogens with zero attached hydrogens (tertiary/aromatic N) is 2. The summed E-state index contributed by atoms with van der Waals surface area (Å²) in [5.74, 6) is 0.374. The third-order valence-corrected chi connectivity index (χ3v) is 5.83. The first-order valence-corrected chi connectivity index (χ1v) is 11.5. The maximum absolute atomic E-state index is 11.0. The van der Waals surface area contributed by atoms with Gasteiger partial charge in [-0.15, -0.1) is 0 Å². The van der Waals surface area contributed by atoms with Crippen LogP contribution in [-0.2, 0) is 11.3 Å². The third kappa shape index (κ3) is 6.22. The van der Waals surface area contributed by atoms with E-state index in [2.05, 4.69) is 21.1 Å². The maximum Gasteiger partial charge on any atom is 0.213 e. The fraction of sp³-hybridized carbons (Fsp3) is 0.0385. The van der Waals surface area contributed by atoms with Crippen LogP contribution in [0.2, 0.25) is 5.02 Å². The Morgan fingerprint density at radius 1 is 0.939 bits per heavy atom. The molecule has 33 heavy (non-hydrogen) atoms. The molecule has 1 heterocycles. The van der Waals surface area contributed by atoms with E-state index in [-0.39, 0.29) is 0 Å². The summed E-state index contributed by atoms with van der Waals surface area (Å²) in [6, 6.07) is 29.6. The van der Waals surface area contributed by atoms with E-state index >= 15 is 0 Å². The summed E-state index contributed by atoms with van der Waals surface area (Å²) in [6.07, 6.45) is 2.42. The number of amides is 1. The van der Waals surface area contributed by atoms with Crippen LogP contribution in [0.5, 0.6) is 0 Å². The Hall–Kier alpha value is -3.61. The summed E-state index contributed by atoms with van der Waals surface area (Å²) in [7, 11) is 0. The zero-order valence-electron chi connectivity index (χ0n) is 17.6. The number of hydrogen-bond acceptors (Lipinski definition) is 4. The van der Waals surface area contributed by atoms with Gasteiger partial charge < -0.3 is 0 Å². The number of aliphatic imine (C=N–C) groups is 1. The molecule has 7 heteroatoms. The molecule has 2 N–H and O–H groups in total. The monoisotopic (exact) mass is 472 g/mol. The van der Waals surface area contributed by atoms with E-state index in [1.54, 1.807) is 0 Å². The van der Waals surface area contributed by atoms with Crippen molar-refractivity contribution >= 4 is 35.9 Å². The fourth-order valence-electron chi connectivity index (χ4n) is 3.20. The molecule has 1 amide bonds. The van der Waals surface area contributed by atoms with E-state index < -0.39 is 0 Å². The van der Waals surface area contributed by atoms with E-state index in [0.717, 1.165) is 32.8 Å². The SMILES string of the molecule is O=CNC(=NCc1cnc(-c2ccccc2)c(-c2ccc(Cl)cc2)c1)NSc1ccccc1. The Morgan fingerprint density at radius 3 is 2.33 bits per heavy atom. The number of benzene rings is 3. The minimum Gasteiger partial charge on any atom is -0.299 e. The Labute approximate surface area is 202 Å². The molecule has 3 aromatic carbocycles. The lowest BCUT2D eigenvalue weighted by atomic mass is 9.98. The molecule has 0 unspecified atom stereocenters. The highest BCUT2D eigenvalue weighted by atomic mass is 35.5. The molecule has 4 rings (SSSR count). The average Bonchev–Trinajstić information content (AvgIpc) is 2.87. The number of aromatic nitrogens is 1. The zero-order valence-corrected chi connectivity index (χ0v) is 19.2. The summed E-state index contributed by atoms with van der Waals surface area (Å²) in [5.41, 5.74) is 4.83. The van der Waals surface area contributed by atoms with Crippen LogP contribution in [0.1, 0.15) is 5.56 Å². The van der Waals surface area contributed by atoms with Crippen molar-refractivity contribution in [2.24, 2.45) is 4.99 Å². The number of carbonyl (C=O) groups is 1. The molecule has 4 aromatic rings. The molecule has 5 nitrogen and oxygen atoms in total. The van der Waals surface area contributed by atoms with Crippen molar-refractivity contribution in [3.05, 3.63) is 108 Å². The van der Waals surface area contributed by atoms with Crippen molar-refractivity contribution in [1.29, 1.82) is 0 Å². The first kappa shape index (κ1) is 22.6. The van der Waals surface area contributed by atoms with Crippen LogP contribution in [0.25, 0.3) is 22.4 Å². The molecule has 0 aliphatic carbocycles. The third-order valence-electron chi connectivity index (χ3n) is 4.77. The van der Waals surface area contributed by atoms with Crippen molar-refractivity contribution in [1.82, 2.24) is 15.0 Å². The maximum atomic E-state index is 11.0. The first-order chi connectivity index (χ1) is 16.2. The molecule has 0 bridgehead atoms. The zero-order chi connectivity index (χ0) is 22.9. The molecule has 0 atom stereocenters. The normalized spacial score (nSPS) is 11.1. The van der Waals surface area contributed by atoms with Gasteiger partial charge in [-0.2, -0.15) is 0 Å². The van der Waals surface area contributed by atoms with Gasteiger partial charge in [0.05, 0.1) is 12.2 Å². The van der Waals surface area contributed by atoms with Gasteiger partial charge in [-0.3, -0.25) is 19.8 Å². The molecule has 0 aliphatic heterocycles. The van der Waals surface area contributed by atoms with Gasteiger partial charge in [-0.05, 0) is 53.4 Å². The van der Waals surface area contributed by atoms with Crippen molar-refractivity contribution in [3.8, 4) is 22.4 Å². The van der Waals surface area contributed by atoms with Gasteiger partial charge in [-0.25, -0.2) is 4.99 Å². The molecule has 0 radical (unpaired) electrons. The number of rotatable bonds is 7. The average molecular weight is 473 g/mol. The number of carbonyl (C=O) groups excluding carboxylic acids is 1. The van der Waals surface area contributed by atoms with Crippen molar-refractivity contribution in [2.75, 3.05) is 0 Å². The van der Waals surface area contributed by atoms with E-state index in [1.807, 2.05) is 91.1 Å². The summed E-state index contributed by atoms with van der Waals surface area (Å²) in [6.45, 7) is 0.348. The second-order valence-corrected chi connectivity index (χ2v) is 8.37. The lowest BCUT2D eigenvalue weighted by Crippen LogP contribution is -2.32. The number of hydrogen-bond donors (Lipinski definition) is 2. The highest BCUT2D eigenvalue weighted by Crippen LogP contribution is 2.32. The topological polar surface area (TPSA) is 66.4 Å². The highest BCUT2D eigenvalue weighted by Gasteiger charge is 2.11. The van der Waals surface area contributed by atoms with Gasteiger partial charge in [0.2, 0.25) is 12.4 Å². The standard InChI is InChI=1S/C26H21ClN4OS/c27-22-13-11-20(12-14-22)24-15-19(16-28-25(24)21-7-3-1-4-8-21)17-29-26(30-18-32)31-33-23-9-5-2-6-10-23/h1-16,18H,17H2,(H2,29,30,31,32). The van der Waals surface area contributed by atoms with Crippen LogP contribution in [0.15, 0.2) is 107 Å². The predicted octanol–water partition coefficient (Wildman–Crippen LogP) is 5.97. The number of halogens is 1. The van der Waals surface area contributed by atoms with Gasteiger partial charge in [-0.1, -0.05) is 72.3 Å². The second kappa shape index (κ2) is 11.3. The number of pyridine rings is 1. The summed E-state index contributed by atoms with van der Waals surface area (Å²) in [4.78, 5) is 21.3. The quantitative estimate of drug-likeness (QED) is 0.150. The number of nitrogens with one attached hydrogen (secondary N) is 2. The van der Waals surface area contributed by atoms with Crippen LogP contribution in [0.4, 0.5) is 0 Å². The van der Waals surface area contributed by atoms with E-state index in [1.165, 1.54) is 11.9 Å². The summed E-state index contributed by atoms with van der Waals surface area (Å²) >= 11 is 7.47. The Bertz CT molecular complexity index is 1230. The molecule has 0 fully saturated rings. The Morgan fingerprint density at radius 2 is 1.64 bits per heavy atom. The highest BCUT2D eigenvalue weighted by molar-refractivity contribution is 7.98. The molecular weight excluding hydrogens is 452 g/mol. The fourth-order valence-corrected chi connectivity index (χ4v) is 3.96. The van der Waals surface area contributed by atoms with Gasteiger partial charge in [0.15, 0.2) is 0 Å². The predicted molar refractivity (Wildman–Crippen MR) is 136 cm³/mol. The largest absolute Gasteiger partial charge is 0.299 e. The molecule has 0 saturated carbocycles. The summed E-state index contributed by atoms with van der Waals surface area (Å²) in [5, 5.41) is 3.30. The molecule has 164 valence electrons. The second-order valence-electron chi connectivity index (χ2n) is 7.06. The first-order valence-electron chi connectivity index (χ1n) is 10.3. The van der Waals surface area contributed by atoms with Gasteiger partial charge in [0.25, 0.3) is 0 Å². The van der Waals surface area contributed by atoms with Gasteiger partial charge in [0, 0.05) is 27.2 Å². The van der Waals surface area contributed by atoms with Crippen molar-refractivity contribution < 1.29 is 4.79 Å². The van der Waals surface area contributed by atoms with Crippen LogP contribution in [0, 0.1) is 0 Å². The minimum atomic E-state index is 0.348. The lowest BCUT2D eigenvalue weighted by molar-refractivity contribution is -0.108. The minimum absolute atomic E-state index is 0.348. The smallest absolute Gasteiger partial charge is 0.213 e. The van der Waals surface area contributed by atoms with Crippen molar-refractivity contribution in [3.63, 3.8) is 0 Å². The lowest BCUT2D eigenvalue weighted by Gasteiger charge is -2.12. The molecule has 0 spiro atoms. The van der Waals surface area contributed by atoms with E-state index in [9.17, 15) is 4.79 Å². The van der Waals surface area contributed by atoms with Crippen LogP contribution in [0.3, 0.4) is 0 Å². The Balaban J connectivity index is 1.61. The summed E-state index contributed by atoms with van der Waals surface area (Å²) < 4.78 is 3.09. The van der Waals surface area contributed by atoms with Crippen LogP contribution in [-0.4, -0.2) is 17.4 Å². The number of guanidine groups is 1. The molecule has 0 aliphatic rings. The Kier molecular flexibility index (Phi) is 7.74. The van der Waals surface area contributed by atoms with Crippen molar-refractivity contribution in [2.45, 2.75) is 11.4 Å².